The van der Waals surface area contributed by atoms with E-state index in [1.165, 1.54) is 33.4 Å². The van der Waals surface area contributed by atoms with Crippen LogP contribution in [0, 0.1) is 0 Å². The smallest absolute Gasteiger partial charge is 0.206 e. The van der Waals surface area contributed by atoms with Crippen molar-refractivity contribution in [2.24, 2.45) is 0 Å². The Bertz CT molecular complexity index is 2580. The Balaban J connectivity index is 0.942. The van der Waals surface area contributed by atoms with Crippen molar-refractivity contribution in [3.8, 4) is 39.1 Å². The summed E-state index contributed by atoms with van der Waals surface area (Å²) >= 11 is 0. The Morgan fingerprint density at radius 2 is 1.09 bits per heavy atom. The number of ether oxygens (including phenoxy) is 1. The van der Waals surface area contributed by atoms with Crippen LogP contribution in [0.15, 0.2) is 180 Å². The SMILES string of the molecule is O=C1CC(c2ccc(S(=O)(=O)c3ccccc3)cc2)Oc2ccc(-c3ccc(-c4ccc5c(c4)-c4ccccc4C(c4ccccc4)CC5)cc3)cc21. The number of aryl methyl sites for hydroxylation is 1. The van der Waals surface area contributed by atoms with Crippen LogP contribution in [0.1, 0.15) is 57.5 Å². The number of rotatable bonds is 6. The van der Waals surface area contributed by atoms with E-state index in [1.54, 1.807) is 54.6 Å². The van der Waals surface area contributed by atoms with E-state index >= 15 is 0 Å². The molecule has 5 heteroatoms. The van der Waals surface area contributed by atoms with Crippen LogP contribution in [0.25, 0.3) is 33.4 Å². The quantitative estimate of drug-likeness (QED) is 0.173. The minimum absolute atomic E-state index is 0.00420. The summed E-state index contributed by atoms with van der Waals surface area (Å²) in [5.74, 6) is 0.892. The van der Waals surface area contributed by atoms with Gasteiger partial charge in [-0.1, -0.05) is 127 Å². The summed E-state index contributed by atoms with van der Waals surface area (Å²) in [4.78, 5) is 13.9. The van der Waals surface area contributed by atoms with Gasteiger partial charge in [0.05, 0.1) is 21.8 Å². The summed E-state index contributed by atoms with van der Waals surface area (Å²) in [6, 6.07) is 55.9. The van der Waals surface area contributed by atoms with Crippen molar-refractivity contribution in [2.75, 3.05) is 0 Å². The first-order valence-electron chi connectivity index (χ1n) is 18.0. The van der Waals surface area contributed by atoms with Gasteiger partial charge < -0.3 is 4.74 Å². The highest BCUT2D eigenvalue weighted by atomic mass is 32.2. The number of Topliss-reactive ketones (excluding diaryl/α,β-unsaturated/α-hetero) is 1. The van der Waals surface area contributed by atoms with Crippen LogP contribution in [0.3, 0.4) is 0 Å². The summed E-state index contributed by atoms with van der Waals surface area (Å²) in [5.41, 5.74) is 12.3. The molecule has 1 aliphatic carbocycles. The van der Waals surface area contributed by atoms with E-state index in [4.69, 9.17) is 4.74 Å². The molecule has 258 valence electrons. The van der Waals surface area contributed by atoms with Gasteiger partial charge in [-0.25, -0.2) is 8.42 Å². The normalized spacial score (nSPS) is 16.4. The topological polar surface area (TPSA) is 60.4 Å². The van der Waals surface area contributed by atoms with Gasteiger partial charge in [0.15, 0.2) is 5.78 Å². The molecule has 0 saturated heterocycles. The van der Waals surface area contributed by atoms with Crippen LogP contribution in [0.2, 0.25) is 0 Å². The zero-order valence-electron chi connectivity index (χ0n) is 29.0. The van der Waals surface area contributed by atoms with Crippen LogP contribution in [-0.2, 0) is 16.3 Å². The molecule has 0 radical (unpaired) electrons. The lowest BCUT2D eigenvalue weighted by molar-refractivity contribution is 0.0850. The number of ketones is 1. The standard InChI is InChI=1S/C48H36O4S/c49-46-31-48(36-21-25-40(26-22-36)53(50,51)39-11-5-2-6-12-39)52-47-28-24-38(30-45(46)47)33-17-15-32(16-18-33)37-20-19-35-23-27-41(34-9-3-1-4-10-34)42-13-7-8-14-43(42)44(35)29-37/h1-22,24-26,28-30,41,48H,23,27,31H2. The first-order valence-corrected chi connectivity index (χ1v) is 19.5. The molecule has 0 bridgehead atoms. The van der Waals surface area contributed by atoms with Gasteiger partial charge in [-0.3, -0.25) is 4.79 Å². The molecular formula is C48H36O4S. The molecule has 0 saturated carbocycles. The Kier molecular flexibility index (Phi) is 8.36. The Morgan fingerprint density at radius 3 is 1.81 bits per heavy atom. The summed E-state index contributed by atoms with van der Waals surface area (Å²) in [6.45, 7) is 0. The number of fused-ring (bicyclic) bond motifs is 4. The summed E-state index contributed by atoms with van der Waals surface area (Å²) in [7, 11) is -3.63. The maximum atomic E-state index is 13.5. The fourth-order valence-corrected chi connectivity index (χ4v) is 9.18. The van der Waals surface area contributed by atoms with Crippen LogP contribution in [0.5, 0.6) is 5.75 Å². The van der Waals surface area contributed by atoms with E-state index in [0.29, 0.717) is 17.2 Å². The molecule has 0 N–H and O–H groups in total. The third-order valence-electron chi connectivity index (χ3n) is 10.7. The van der Waals surface area contributed by atoms with Gasteiger partial charge in [-0.15, -0.1) is 0 Å². The van der Waals surface area contributed by atoms with Gasteiger partial charge in [-0.05, 0) is 111 Å². The number of benzene rings is 7. The van der Waals surface area contributed by atoms with Gasteiger partial charge in [-0.2, -0.15) is 0 Å². The van der Waals surface area contributed by atoms with Crippen molar-refractivity contribution in [3.63, 3.8) is 0 Å². The fraction of sp³-hybridized carbons (Fsp3) is 0.104. The second kappa shape index (κ2) is 13.5. The van der Waals surface area contributed by atoms with E-state index in [9.17, 15) is 13.2 Å². The Hall–Kier alpha value is -6.04. The lowest BCUT2D eigenvalue weighted by Gasteiger charge is -2.26. The van der Waals surface area contributed by atoms with E-state index in [1.807, 2.05) is 18.2 Å². The Morgan fingerprint density at radius 1 is 0.509 bits per heavy atom. The second-order valence-electron chi connectivity index (χ2n) is 13.9. The molecule has 1 heterocycles. The van der Waals surface area contributed by atoms with Crippen molar-refractivity contribution in [1.29, 1.82) is 0 Å². The molecule has 0 amide bonds. The van der Waals surface area contributed by atoms with Crippen LogP contribution < -0.4 is 4.74 Å². The second-order valence-corrected chi connectivity index (χ2v) is 15.8. The molecule has 0 aromatic heterocycles. The Labute approximate surface area is 310 Å². The van der Waals surface area contributed by atoms with Crippen molar-refractivity contribution < 1.29 is 17.9 Å². The lowest BCUT2D eigenvalue weighted by atomic mass is 9.86. The van der Waals surface area contributed by atoms with Gasteiger partial charge in [0.25, 0.3) is 0 Å². The summed E-state index contributed by atoms with van der Waals surface area (Å²) in [5, 5.41) is 0. The zero-order valence-corrected chi connectivity index (χ0v) is 29.8. The summed E-state index contributed by atoms with van der Waals surface area (Å²) < 4.78 is 32.4. The largest absolute Gasteiger partial charge is 0.484 e. The van der Waals surface area contributed by atoms with Crippen molar-refractivity contribution in [1.82, 2.24) is 0 Å². The average molecular weight is 709 g/mol. The molecule has 0 spiro atoms. The number of sulfone groups is 1. The van der Waals surface area contributed by atoms with Gasteiger partial charge in [0, 0.05) is 5.92 Å². The maximum Gasteiger partial charge on any atom is 0.206 e. The van der Waals surface area contributed by atoms with E-state index in [-0.39, 0.29) is 22.0 Å². The highest BCUT2D eigenvalue weighted by molar-refractivity contribution is 7.91. The maximum absolute atomic E-state index is 13.5. The molecule has 2 aliphatic rings. The monoisotopic (exact) mass is 708 g/mol. The van der Waals surface area contributed by atoms with Crippen LogP contribution in [0.4, 0.5) is 0 Å². The molecule has 2 atom stereocenters. The third kappa shape index (κ3) is 6.17. The number of hydrogen-bond donors (Lipinski definition) is 0. The first-order chi connectivity index (χ1) is 25.9. The first kappa shape index (κ1) is 32.8. The van der Waals surface area contributed by atoms with E-state index in [0.717, 1.165) is 35.1 Å². The molecule has 7 aromatic rings. The van der Waals surface area contributed by atoms with Crippen LogP contribution in [-0.4, -0.2) is 14.2 Å². The summed E-state index contributed by atoms with van der Waals surface area (Å²) in [6.07, 6.45) is 1.78. The molecule has 53 heavy (non-hydrogen) atoms. The number of hydrogen-bond acceptors (Lipinski definition) is 4. The molecular weight excluding hydrogens is 673 g/mol. The van der Waals surface area contributed by atoms with Crippen molar-refractivity contribution in [3.05, 3.63) is 198 Å². The number of carbonyl (C=O) groups is 1. The van der Waals surface area contributed by atoms with Crippen molar-refractivity contribution >= 4 is 15.6 Å². The van der Waals surface area contributed by atoms with Gasteiger partial charge >= 0.3 is 0 Å². The predicted molar refractivity (Wildman–Crippen MR) is 210 cm³/mol. The molecule has 4 nitrogen and oxygen atoms in total. The average Bonchev–Trinajstić information content (AvgIpc) is 3.38. The molecule has 7 aromatic carbocycles. The van der Waals surface area contributed by atoms with Crippen LogP contribution >= 0.6 is 0 Å². The third-order valence-corrected chi connectivity index (χ3v) is 12.5. The molecule has 2 unspecified atom stereocenters. The van der Waals surface area contributed by atoms with Crippen molar-refractivity contribution in [2.45, 2.75) is 41.1 Å². The fourth-order valence-electron chi connectivity index (χ4n) is 7.90. The van der Waals surface area contributed by atoms with Gasteiger partial charge in [0.1, 0.15) is 11.9 Å². The number of carbonyl (C=O) groups excluding carboxylic acids is 1. The minimum atomic E-state index is -3.63. The molecule has 0 fully saturated rings. The lowest BCUT2D eigenvalue weighted by Crippen LogP contribution is -2.20. The van der Waals surface area contributed by atoms with E-state index in [2.05, 4.69) is 97.1 Å². The van der Waals surface area contributed by atoms with E-state index < -0.39 is 15.9 Å². The molecule has 1 aliphatic heterocycles. The highest BCUT2D eigenvalue weighted by Crippen LogP contribution is 2.43. The highest BCUT2D eigenvalue weighted by Gasteiger charge is 2.29. The minimum Gasteiger partial charge on any atom is -0.484 e. The van der Waals surface area contributed by atoms with Gasteiger partial charge in [0.2, 0.25) is 9.84 Å². The molecule has 9 rings (SSSR count). The predicted octanol–water partition coefficient (Wildman–Crippen LogP) is 11.3. The zero-order chi connectivity index (χ0) is 35.9.